The van der Waals surface area contributed by atoms with Crippen LogP contribution >= 0.6 is 38.5 Å². The van der Waals surface area contributed by atoms with Crippen molar-refractivity contribution >= 4 is 48.5 Å². The Morgan fingerprint density at radius 1 is 1.17 bits per heavy atom. The van der Waals surface area contributed by atoms with Gasteiger partial charge in [0.25, 0.3) is 0 Å². The van der Waals surface area contributed by atoms with Crippen molar-refractivity contribution in [1.29, 1.82) is 0 Å². The van der Waals surface area contributed by atoms with Crippen LogP contribution in [0, 0.1) is 3.57 Å². The molecule has 8 heteroatoms. The highest BCUT2D eigenvalue weighted by molar-refractivity contribution is 14.1. The second kappa shape index (κ2) is 8.50. The van der Waals surface area contributed by atoms with E-state index in [0.717, 1.165) is 19.2 Å². The molecule has 5 nitrogen and oxygen atoms in total. The molecule has 0 aromatic heterocycles. The van der Waals surface area contributed by atoms with Gasteiger partial charge >= 0.3 is 0 Å². The van der Waals surface area contributed by atoms with E-state index < -0.39 is 10.0 Å². The summed E-state index contributed by atoms with van der Waals surface area (Å²) in [6, 6.07) is 10.9. The number of ether oxygens (including phenoxy) is 2. The highest BCUT2D eigenvalue weighted by Crippen LogP contribution is 2.26. The van der Waals surface area contributed by atoms with Crippen LogP contribution in [-0.4, -0.2) is 22.6 Å². The summed E-state index contributed by atoms with van der Waals surface area (Å²) in [7, 11) is -0.386. The van der Waals surface area contributed by atoms with Crippen LogP contribution in [0.25, 0.3) is 0 Å². The molecule has 2 aromatic rings. The molecule has 0 aliphatic rings. The summed E-state index contributed by atoms with van der Waals surface area (Å²) in [5, 5.41) is 0. The fraction of sp³-hybridized carbons (Fsp3) is 0.250. The zero-order valence-corrected chi connectivity index (χ0v) is 17.7. The van der Waals surface area contributed by atoms with Crippen LogP contribution in [0.3, 0.4) is 0 Å². The largest absolute Gasteiger partial charge is 0.497 e. The van der Waals surface area contributed by atoms with E-state index >= 15 is 0 Å². The average molecular weight is 526 g/mol. The first-order chi connectivity index (χ1) is 11.4. The third-order valence-corrected chi connectivity index (χ3v) is 6.38. The minimum absolute atomic E-state index is 0.0921. The number of nitrogens with one attached hydrogen (secondary N) is 1. The quantitative estimate of drug-likeness (QED) is 0.560. The molecule has 0 heterocycles. The molecule has 0 aliphatic heterocycles. The van der Waals surface area contributed by atoms with Crippen molar-refractivity contribution in [2.45, 2.75) is 12.3 Å². The molecule has 0 fully saturated rings. The molecule has 0 bridgehead atoms. The van der Waals surface area contributed by atoms with Crippen LogP contribution in [0.2, 0.25) is 0 Å². The van der Waals surface area contributed by atoms with Gasteiger partial charge in [0.15, 0.2) is 0 Å². The molecular formula is C16H17BrINO4S. The number of methoxy groups -OCH3 is 2. The Morgan fingerprint density at radius 2 is 1.92 bits per heavy atom. The number of halogens is 2. The molecule has 2 rings (SSSR count). The van der Waals surface area contributed by atoms with E-state index in [1.54, 1.807) is 25.3 Å². The Morgan fingerprint density at radius 3 is 2.54 bits per heavy atom. The molecule has 0 saturated carbocycles. The topological polar surface area (TPSA) is 64.6 Å². The SMILES string of the molecule is COc1ccc(CNS(=O)(=O)Cc2c(Br)cccc2I)c(OC)c1. The minimum atomic E-state index is -3.49. The first kappa shape index (κ1) is 19.5. The van der Waals surface area contributed by atoms with Gasteiger partial charge in [0, 0.05) is 26.2 Å². The van der Waals surface area contributed by atoms with Crippen molar-refractivity contribution in [3.63, 3.8) is 0 Å². The first-order valence-corrected chi connectivity index (χ1v) is 10.5. The summed E-state index contributed by atoms with van der Waals surface area (Å²) >= 11 is 5.53. The van der Waals surface area contributed by atoms with Crippen LogP contribution in [0.4, 0.5) is 0 Å². The van der Waals surface area contributed by atoms with Gasteiger partial charge < -0.3 is 9.47 Å². The molecular weight excluding hydrogens is 509 g/mol. The zero-order chi connectivity index (χ0) is 17.7. The fourth-order valence-electron chi connectivity index (χ4n) is 2.10. The molecule has 0 spiro atoms. The molecule has 0 unspecified atom stereocenters. The lowest BCUT2D eigenvalue weighted by molar-refractivity contribution is 0.390. The number of benzene rings is 2. The molecule has 0 radical (unpaired) electrons. The van der Waals surface area contributed by atoms with Crippen LogP contribution in [0.15, 0.2) is 40.9 Å². The molecule has 0 amide bonds. The highest BCUT2D eigenvalue weighted by Gasteiger charge is 2.17. The van der Waals surface area contributed by atoms with Gasteiger partial charge in [0.05, 0.1) is 20.0 Å². The third kappa shape index (κ3) is 5.08. The first-order valence-electron chi connectivity index (χ1n) is 6.97. The van der Waals surface area contributed by atoms with Crippen molar-refractivity contribution in [3.8, 4) is 11.5 Å². The van der Waals surface area contributed by atoms with Gasteiger partial charge in [0.2, 0.25) is 10.0 Å². The van der Waals surface area contributed by atoms with Crippen molar-refractivity contribution < 1.29 is 17.9 Å². The van der Waals surface area contributed by atoms with E-state index in [4.69, 9.17) is 9.47 Å². The Labute approximate surface area is 164 Å². The van der Waals surface area contributed by atoms with Crippen molar-refractivity contribution in [3.05, 3.63) is 55.6 Å². The second-order valence-corrected chi connectivity index (χ2v) is 8.78. The zero-order valence-electron chi connectivity index (χ0n) is 13.2. The Balaban J connectivity index is 2.13. The number of hydrogen-bond acceptors (Lipinski definition) is 4. The maximum atomic E-state index is 12.4. The van der Waals surface area contributed by atoms with Crippen LogP contribution in [-0.2, 0) is 22.3 Å². The normalized spacial score (nSPS) is 11.3. The lowest BCUT2D eigenvalue weighted by atomic mass is 10.2. The highest BCUT2D eigenvalue weighted by atomic mass is 127. The summed E-state index contributed by atoms with van der Waals surface area (Å²) in [5.74, 6) is 1.14. The minimum Gasteiger partial charge on any atom is -0.497 e. The van der Waals surface area contributed by atoms with Crippen molar-refractivity contribution in [2.24, 2.45) is 0 Å². The molecule has 130 valence electrons. The summed E-state index contributed by atoms with van der Waals surface area (Å²) in [6.45, 7) is 0.149. The number of hydrogen-bond donors (Lipinski definition) is 1. The summed E-state index contributed by atoms with van der Waals surface area (Å²) < 4.78 is 39.5. The lowest BCUT2D eigenvalue weighted by Gasteiger charge is -2.13. The van der Waals surface area contributed by atoms with Gasteiger partial charge in [0.1, 0.15) is 11.5 Å². The number of sulfonamides is 1. The van der Waals surface area contributed by atoms with Crippen LogP contribution in [0.1, 0.15) is 11.1 Å². The Bertz CT molecular complexity index is 807. The maximum Gasteiger partial charge on any atom is 0.216 e. The summed E-state index contributed by atoms with van der Waals surface area (Å²) in [6.07, 6.45) is 0. The van der Waals surface area contributed by atoms with Gasteiger partial charge in [-0.1, -0.05) is 28.1 Å². The summed E-state index contributed by atoms with van der Waals surface area (Å²) in [5.41, 5.74) is 1.48. The van der Waals surface area contributed by atoms with E-state index in [0.29, 0.717) is 11.5 Å². The molecule has 24 heavy (non-hydrogen) atoms. The summed E-state index contributed by atoms with van der Waals surface area (Å²) in [4.78, 5) is 0. The van der Waals surface area contributed by atoms with Gasteiger partial charge in [-0.2, -0.15) is 0 Å². The van der Waals surface area contributed by atoms with Gasteiger partial charge in [-0.25, -0.2) is 13.1 Å². The molecule has 0 saturated heterocycles. The van der Waals surface area contributed by atoms with E-state index in [1.807, 2.05) is 18.2 Å². The predicted octanol–water partition coefficient (Wildman–Crippen LogP) is 3.69. The fourth-order valence-corrected chi connectivity index (χ4v) is 5.28. The Hall–Kier alpha value is -0.840. The lowest BCUT2D eigenvalue weighted by Crippen LogP contribution is -2.25. The molecule has 2 aromatic carbocycles. The van der Waals surface area contributed by atoms with Crippen LogP contribution in [0.5, 0.6) is 11.5 Å². The molecule has 0 atom stereocenters. The van der Waals surface area contributed by atoms with E-state index in [9.17, 15) is 8.42 Å². The van der Waals surface area contributed by atoms with Crippen molar-refractivity contribution in [2.75, 3.05) is 14.2 Å². The third-order valence-electron chi connectivity index (χ3n) is 3.37. The maximum absolute atomic E-state index is 12.4. The van der Waals surface area contributed by atoms with Gasteiger partial charge in [-0.15, -0.1) is 0 Å². The monoisotopic (exact) mass is 525 g/mol. The van der Waals surface area contributed by atoms with Gasteiger partial charge in [-0.05, 0) is 46.4 Å². The Kier molecular flexibility index (Phi) is 6.90. The van der Waals surface area contributed by atoms with Crippen molar-refractivity contribution in [1.82, 2.24) is 4.72 Å². The standard InChI is InChI=1S/C16H17BrINO4S/c1-22-12-7-6-11(16(8-12)23-2)9-19-24(20,21)10-13-14(17)4-3-5-15(13)18/h3-8,19H,9-10H2,1-2H3. The smallest absolute Gasteiger partial charge is 0.216 e. The van der Waals surface area contributed by atoms with Crippen LogP contribution < -0.4 is 14.2 Å². The second-order valence-electron chi connectivity index (χ2n) is 4.96. The number of rotatable bonds is 7. The molecule has 0 aliphatic carbocycles. The average Bonchev–Trinajstić information content (AvgIpc) is 2.56. The van der Waals surface area contributed by atoms with E-state index in [1.165, 1.54) is 7.11 Å². The van der Waals surface area contributed by atoms with E-state index in [2.05, 4.69) is 43.2 Å². The molecule has 1 N–H and O–H groups in total. The van der Waals surface area contributed by atoms with E-state index in [-0.39, 0.29) is 12.3 Å². The van der Waals surface area contributed by atoms with Gasteiger partial charge in [-0.3, -0.25) is 0 Å². The predicted molar refractivity (Wildman–Crippen MR) is 106 cm³/mol.